The number of fused-ring (bicyclic) bond motifs is 20. The fourth-order valence-electron chi connectivity index (χ4n) is 11.8. The number of hydrogen-bond acceptors (Lipinski definition) is 3. The molecule has 9 aromatic carbocycles. The Kier molecular flexibility index (Phi) is 6.97. The monoisotopic (exact) mass is 800 g/mol. The molecule has 11 aromatic rings. The van der Waals surface area contributed by atoms with E-state index in [0.29, 0.717) is 5.82 Å². The van der Waals surface area contributed by atoms with Crippen LogP contribution >= 0.6 is 0 Å². The average molecular weight is 801 g/mol. The molecule has 2 spiro atoms. The fourth-order valence-corrected chi connectivity index (χ4v) is 11.8. The van der Waals surface area contributed by atoms with E-state index in [1.165, 1.54) is 66.8 Å². The Hall–Kier alpha value is -8.14. The summed E-state index contributed by atoms with van der Waals surface area (Å²) in [7, 11) is 0. The first-order chi connectivity index (χ1) is 31.2. The normalized spacial score (nSPS) is 14.3. The van der Waals surface area contributed by atoms with Crippen LogP contribution in [-0.2, 0) is 10.8 Å². The highest BCUT2D eigenvalue weighted by molar-refractivity contribution is 6.13. The van der Waals surface area contributed by atoms with Crippen LogP contribution in [0.4, 0.5) is 0 Å². The van der Waals surface area contributed by atoms with Crippen LogP contribution in [0.3, 0.4) is 0 Å². The summed E-state index contributed by atoms with van der Waals surface area (Å²) >= 11 is 0. The molecule has 0 amide bonds. The maximum absolute atomic E-state index is 6.76. The Morgan fingerprint density at radius 2 is 0.810 bits per heavy atom. The third kappa shape index (κ3) is 4.43. The predicted octanol–water partition coefficient (Wildman–Crippen LogP) is 14.4. The van der Waals surface area contributed by atoms with Crippen molar-refractivity contribution >= 4 is 21.9 Å². The van der Waals surface area contributed by atoms with E-state index >= 15 is 0 Å². The first kappa shape index (κ1) is 34.6. The summed E-state index contributed by atoms with van der Waals surface area (Å²) in [6.07, 6.45) is 0. The first-order valence-electron chi connectivity index (χ1n) is 21.7. The molecule has 2 aromatic heterocycles. The number of furan rings is 1. The lowest BCUT2D eigenvalue weighted by molar-refractivity contribution is 0.634. The molecule has 0 aliphatic heterocycles. The maximum Gasteiger partial charge on any atom is 0.160 e. The summed E-state index contributed by atoms with van der Waals surface area (Å²) in [6, 6.07) is 79.6. The minimum absolute atomic E-state index is 0.527. The van der Waals surface area contributed by atoms with Gasteiger partial charge >= 0.3 is 0 Å². The van der Waals surface area contributed by atoms with Crippen molar-refractivity contribution in [3.05, 3.63) is 263 Å². The summed E-state index contributed by atoms with van der Waals surface area (Å²) < 4.78 is 6.76. The van der Waals surface area contributed by atoms with Crippen molar-refractivity contribution in [1.29, 1.82) is 0 Å². The average Bonchev–Trinajstić information content (AvgIpc) is 3.99. The van der Waals surface area contributed by atoms with E-state index in [9.17, 15) is 0 Å². The number of hydrogen-bond donors (Lipinski definition) is 0. The molecule has 0 atom stereocenters. The quantitative estimate of drug-likeness (QED) is 0.179. The van der Waals surface area contributed by atoms with Crippen LogP contribution in [0, 0.1) is 0 Å². The molecule has 0 fully saturated rings. The van der Waals surface area contributed by atoms with Gasteiger partial charge in [0.05, 0.1) is 22.2 Å². The van der Waals surface area contributed by atoms with Gasteiger partial charge in [0.15, 0.2) is 5.82 Å². The van der Waals surface area contributed by atoms with E-state index in [-0.39, 0.29) is 0 Å². The minimum Gasteiger partial charge on any atom is -0.456 e. The van der Waals surface area contributed by atoms with Crippen LogP contribution in [0.2, 0.25) is 0 Å². The Labute approximate surface area is 364 Å². The molecule has 0 N–H and O–H groups in total. The molecule has 14 rings (SSSR count). The molecule has 0 saturated carbocycles. The lowest BCUT2D eigenvalue weighted by atomic mass is 9.52. The van der Waals surface area contributed by atoms with E-state index in [0.717, 1.165) is 50.0 Å². The van der Waals surface area contributed by atoms with E-state index in [1.807, 2.05) is 12.1 Å². The van der Waals surface area contributed by atoms with Crippen LogP contribution in [0.5, 0.6) is 0 Å². The summed E-state index contributed by atoms with van der Waals surface area (Å²) in [4.78, 5) is 10.6. The second-order valence-electron chi connectivity index (χ2n) is 17.1. The third-order valence-corrected chi connectivity index (χ3v) is 14.2. The first-order valence-corrected chi connectivity index (χ1v) is 21.7. The number of nitrogens with zero attached hydrogens (tertiary/aromatic N) is 2. The van der Waals surface area contributed by atoms with Crippen molar-refractivity contribution in [1.82, 2.24) is 9.97 Å². The van der Waals surface area contributed by atoms with Gasteiger partial charge in [0.2, 0.25) is 0 Å². The van der Waals surface area contributed by atoms with Gasteiger partial charge in [-0.2, -0.15) is 0 Å². The van der Waals surface area contributed by atoms with Crippen molar-refractivity contribution in [2.24, 2.45) is 0 Å². The standard InChI is InChI=1S/C60H36N2O/c1-3-17-37(18-4-1)52-36-53(38-19-5-2-6-20-38)62-58(61-52)39-31-33-47-44(35-39)42-32-34-55-56(43-23-9-16-30-54(43)63-55)57(42)60(47)50-28-14-12-26-48(50)59(49-27-13-15-29-51(49)60)45-24-10-7-21-40(45)41-22-8-11-25-46(41)59/h1-36H. The molecule has 3 nitrogen and oxygen atoms in total. The van der Waals surface area contributed by atoms with Crippen molar-refractivity contribution in [3.63, 3.8) is 0 Å². The number of benzene rings is 9. The predicted molar refractivity (Wildman–Crippen MR) is 254 cm³/mol. The van der Waals surface area contributed by atoms with Gasteiger partial charge in [-0.05, 0) is 91.0 Å². The smallest absolute Gasteiger partial charge is 0.160 e. The van der Waals surface area contributed by atoms with E-state index in [4.69, 9.17) is 14.4 Å². The number of para-hydroxylation sites is 1. The van der Waals surface area contributed by atoms with Crippen molar-refractivity contribution < 1.29 is 4.42 Å². The second-order valence-corrected chi connectivity index (χ2v) is 17.1. The zero-order valence-corrected chi connectivity index (χ0v) is 34.1. The van der Waals surface area contributed by atoms with Gasteiger partial charge in [0, 0.05) is 27.5 Å². The van der Waals surface area contributed by atoms with Crippen molar-refractivity contribution in [3.8, 4) is 56.2 Å². The minimum atomic E-state index is -0.692. The number of aromatic nitrogens is 2. The molecule has 63 heavy (non-hydrogen) atoms. The van der Waals surface area contributed by atoms with Gasteiger partial charge in [-0.3, -0.25) is 0 Å². The van der Waals surface area contributed by atoms with Crippen LogP contribution in [0.1, 0.15) is 44.5 Å². The molecule has 292 valence electrons. The Morgan fingerprint density at radius 3 is 1.41 bits per heavy atom. The molecule has 0 saturated heterocycles. The van der Waals surface area contributed by atoms with Gasteiger partial charge in [-0.1, -0.05) is 194 Å². The molecular weight excluding hydrogens is 765 g/mol. The summed E-state index contributed by atoms with van der Waals surface area (Å²) in [5.74, 6) is 0.693. The third-order valence-electron chi connectivity index (χ3n) is 14.2. The van der Waals surface area contributed by atoms with Gasteiger partial charge < -0.3 is 4.42 Å². The van der Waals surface area contributed by atoms with Crippen molar-refractivity contribution in [2.45, 2.75) is 10.8 Å². The largest absolute Gasteiger partial charge is 0.456 e. The van der Waals surface area contributed by atoms with E-state index in [2.05, 4.69) is 206 Å². The molecule has 3 heteroatoms. The molecule has 3 aliphatic carbocycles. The highest BCUT2D eigenvalue weighted by Crippen LogP contribution is 2.68. The van der Waals surface area contributed by atoms with Gasteiger partial charge in [-0.25, -0.2) is 9.97 Å². The fraction of sp³-hybridized carbons (Fsp3) is 0.0333. The summed E-state index contributed by atoms with van der Waals surface area (Å²) in [5.41, 5.74) is 20.7. The second kappa shape index (κ2) is 12.7. The van der Waals surface area contributed by atoms with Crippen LogP contribution in [-0.4, -0.2) is 9.97 Å². The molecule has 0 bridgehead atoms. The Bertz CT molecular complexity index is 3540. The molecule has 3 aliphatic rings. The molecule has 0 unspecified atom stereocenters. The molecular formula is C60H36N2O. The van der Waals surface area contributed by atoms with Crippen molar-refractivity contribution in [2.75, 3.05) is 0 Å². The molecule has 2 heterocycles. The van der Waals surface area contributed by atoms with E-state index < -0.39 is 10.8 Å². The Morgan fingerprint density at radius 1 is 0.317 bits per heavy atom. The summed E-state index contributed by atoms with van der Waals surface area (Å²) in [6.45, 7) is 0. The van der Waals surface area contributed by atoms with Gasteiger partial charge in [0.25, 0.3) is 0 Å². The van der Waals surface area contributed by atoms with Crippen LogP contribution < -0.4 is 0 Å². The number of rotatable bonds is 3. The highest BCUT2D eigenvalue weighted by Gasteiger charge is 2.59. The Balaban J connectivity index is 1.11. The lowest BCUT2D eigenvalue weighted by Gasteiger charge is -2.49. The van der Waals surface area contributed by atoms with Gasteiger partial charge in [0.1, 0.15) is 11.2 Å². The maximum atomic E-state index is 6.76. The van der Waals surface area contributed by atoms with Crippen LogP contribution in [0.15, 0.2) is 223 Å². The van der Waals surface area contributed by atoms with Gasteiger partial charge in [-0.15, -0.1) is 0 Å². The van der Waals surface area contributed by atoms with E-state index in [1.54, 1.807) is 0 Å². The zero-order chi connectivity index (χ0) is 41.3. The summed E-state index contributed by atoms with van der Waals surface area (Å²) in [5, 5.41) is 2.28. The highest BCUT2D eigenvalue weighted by atomic mass is 16.3. The SMILES string of the molecule is c1ccc(-c2cc(-c3ccccc3)nc(-c3ccc4c(c3)-c3ccc5oc6ccccc6c5c3C43c4ccccc4C4(c5ccccc5-c5ccccc54)c4ccccc43)n2)cc1. The lowest BCUT2D eigenvalue weighted by Crippen LogP contribution is -2.43. The molecule has 0 radical (unpaired) electrons. The topological polar surface area (TPSA) is 38.9 Å². The van der Waals surface area contributed by atoms with Crippen LogP contribution in [0.25, 0.3) is 78.1 Å². The zero-order valence-electron chi connectivity index (χ0n) is 34.1.